The van der Waals surface area contributed by atoms with E-state index in [0.29, 0.717) is 0 Å². The molecule has 1 aromatic rings. The highest BCUT2D eigenvalue weighted by Crippen LogP contribution is 2.14. The smallest absolute Gasteiger partial charge is 0.201 e. The van der Waals surface area contributed by atoms with Gasteiger partial charge in [-0.3, -0.25) is 10.8 Å². The molecule has 1 aromatic carbocycles. The number of nitriles is 1. The first-order valence-corrected chi connectivity index (χ1v) is 4.39. The van der Waals surface area contributed by atoms with E-state index in [4.69, 9.17) is 16.4 Å². The van der Waals surface area contributed by atoms with Gasteiger partial charge in [0, 0.05) is 0 Å². The number of amidine groups is 1. The lowest BCUT2D eigenvalue weighted by Crippen LogP contribution is -2.22. The first kappa shape index (κ1) is 11.7. The number of hydrogen-bond acceptors (Lipinski definition) is 4. The molecule has 0 radical (unpaired) electrons. The van der Waals surface area contributed by atoms with E-state index in [1.54, 1.807) is 19.1 Å². The summed E-state index contributed by atoms with van der Waals surface area (Å²) in [6.07, 6.45) is 0. The average molecular weight is 219 g/mol. The molecular formula is C10H10FN5. The predicted molar refractivity (Wildman–Crippen MR) is 59.7 cm³/mol. The second-order valence-electron chi connectivity index (χ2n) is 3.08. The molecule has 0 aliphatic carbocycles. The van der Waals surface area contributed by atoms with Gasteiger partial charge in [-0.05, 0) is 24.6 Å². The van der Waals surface area contributed by atoms with Gasteiger partial charge in [0.15, 0.2) is 5.84 Å². The van der Waals surface area contributed by atoms with E-state index >= 15 is 0 Å². The van der Waals surface area contributed by atoms with Crippen molar-refractivity contribution in [3.05, 3.63) is 29.6 Å². The number of nitrogens with zero attached hydrogens (tertiary/aromatic N) is 2. The monoisotopic (exact) mass is 219 g/mol. The molecule has 0 atom stereocenters. The molecule has 6 heteroatoms. The van der Waals surface area contributed by atoms with Gasteiger partial charge in [-0.1, -0.05) is 6.07 Å². The molecule has 5 nitrogen and oxygen atoms in total. The number of halogens is 1. The Morgan fingerprint density at radius 3 is 2.81 bits per heavy atom. The lowest BCUT2D eigenvalue weighted by Gasteiger charge is -2.03. The third kappa shape index (κ3) is 2.78. The van der Waals surface area contributed by atoms with Gasteiger partial charge in [-0.25, -0.2) is 4.39 Å². The fourth-order valence-electron chi connectivity index (χ4n) is 0.972. The number of hydrogen-bond donors (Lipinski definition) is 3. The zero-order valence-corrected chi connectivity index (χ0v) is 8.58. The molecule has 0 aromatic heterocycles. The fourth-order valence-corrected chi connectivity index (χ4v) is 0.972. The van der Waals surface area contributed by atoms with E-state index in [1.807, 2.05) is 0 Å². The van der Waals surface area contributed by atoms with Crippen molar-refractivity contribution in [3.63, 3.8) is 0 Å². The van der Waals surface area contributed by atoms with Gasteiger partial charge < -0.3 is 5.73 Å². The number of anilines is 1. The summed E-state index contributed by atoms with van der Waals surface area (Å²) in [6, 6.07) is 6.13. The lowest BCUT2D eigenvalue weighted by atomic mass is 10.2. The van der Waals surface area contributed by atoms with E-state index in [2.05, 4.69) is 10.5 Å². The van der Waals surface area contributed by atoms with Gasteiger partial charge in [0.25, 0.3) is 0 Å². The van der Waals surface area contributed by atoms with Crippen LogP contribution in [0.25, 0.3) is 0 Å². The summed E-state index contributed by atoms with van der Waals surface area (Å²) in [7, 11) is 0. The van der Waals surface area contributed by atoms with Gasteiger partial charge in [0.05, 0.1) is 5.69 Å². The van der Waals surface area contributed by atoms with Crippen LogP contribution in [0.5, 0.6) is 0 Å². The van der Waals surface area contributed by atoms with E-state index in [9.17, 15) is 4.39 Å². The number of aryl methyl sites for hydroxylation is 1. The molecule has 82 valence electrons. The number of hydrazone groups is 1. The van der Waals surface area contributed by atoms with Gasteiger partial charge in [-0.15, -0.1) is 0 Å². The van der Waals surface area contributed by atoms with Crippen LogP contribution in [-0.4, -0.2) is 11.5 Å². The van der Waals surface area contributed by atoms with E-state index in [1.165, 1.54) is 12.1 Å². The van der Waals surface area contributed by atoms with Crippen LogP contribution in [0.3, 0.4) is 0 Å². The summed E-state index contributed by atoms with van der Waals surface area (Å²) in [5, 5.41) is 19.1. The van der Waals surface area contributed by atoms with Crippen LogP contribution in [0, 0.1) is 29.5 Å². The van der Waals surface area contributed by atoms with Gasteiger partial charge in [0.1, 0.15) is 11.9 Å². The van der Waals surface area contributed by atoms with Crippen molar-refractivity contribution in [3.8, 4) is 6.07 Å². The van der Waals surface area contributed by atoms with E-state index in [-0.39, 0.29) is 11.4 Å². The highest BCUT2D eigenvalue weighted by molar-refractivity contribution is 6.45. The second kappa shape index (κ2) is 4.89. The third-order valence-electron chi connectivity index (χ3n) is 1.77. The first-order chi connectivity index (χ1) is 7.54. The van der Waals surface area contributed by atoms with Crippen LogP contribution in [0.1, 0.15) is 5.56 Å². The molecule has 0 aliphatic rings. The second-order valence-corrected chi connectivity index (χ2v) is 3.08. The van der Waals surface area contributed by atoms with Crippen LogP contribution >= 0.6 is 0 Å². The molecule has 0 aliphatic heterocycles. The Hall–Kier alpha value is -2.42. The van der Waals surface area contributed by atoms with E-state index in [0.717, 1.165) is 5.56 Å². The van der Waals surface area contributed by atoms with Gasteiger partial charge in [0.2, 0.25) is 5.71 Å². The molecule has 0 spiro atoms. The van der Waals surface area contributed by atoms with Crippen LogP contribution in [0.2, 0.25) is 0 Å². The third-order valence-corrected chi connectivity index (χ3v) is 1.77. The summed E-state index contributed by atoms with van der Waals surface area (Å²) in [5.74, 6) is -0.952. The lowest BCUT2D eigenvalue weighted by molar-refractivity contribution is 0.629. The summed E-state index contributed by atoms with van der Waals surface area (Å²) >= 11 is 0. The minimum Gasteiger partial charge on any atom is -0.382 e. The summed E-state index contributed by atoms with van der Waals surface area (Å²) in [6.45, 7) is 1.76. The number of benzene rings is 1. The van der Waals surface area contributed by atoms with Crippen LogP contribution in [-0.2, 0) is 0 Å². The Morgan fingerprint density at radius 1 is 1.62 bits per heavy atom. The maximum atomic E-state index is 13.3. The molecule has 0 unspecified atom stereocenters. The van der Waals surface area contributed by atoms with Gasteiger partial charge >= 0.3 is 0 Å². The molecule has 4 N–H and O–H groups in total. The Morgan fingerprint density at radius 2 is 2.31 bits per heavy atom. The Kier molecular flexibility index (Phi) is 3.56. The number of nitrogens with one attached hydrogen (secondary N) is 2. The Bertz CT molecular complexity index is 486. The molecule has 16 heavy (non-hydrogen) atoms. The standard InChI is InChI=1S/C10H10FN5/c1-6-2-3-8(7(11)4-6)15-16-9(5-12)10(13)14/h2-4,15H,1H3,(H3,13,14)/b16-9+. The van der Waals surface area contributed by atoms with Crippen LogP contribution < -0.4 is 11.2 Å². The van der Waals surface area contributed by atoms with Crippen molar-refractivity contribution in [1.82, 2.24) is 0 Å². The fraction of sp³-hybridized carbons (Fsp3) is 0.100. The first-order valence-electron chi connectivity index (χ1n) is 4.39. The number of nitrogens with two attached hydrogens (primary N) is 1. The van der Waals surface area contributed by atoms with E-state index < -0.39 is 11.7 Å². The van der Waals surface area contributed by atoms with Gasteiger partial charge in [-0.2, -0.15) is 10.4 Å². The quantitative estimate of drug-likeness (QED) is 0.406. The van der Waals surface area contributed by atoms with Crippen LogP contribution in [0.4, 0.5) is 10.1 Å². The minimum atomic E-state index is -0.482. The maximum absolute atomic E-state index is 13.3. The molecular weight excluding hydrogens is 209 g/mol. The molecule has 0 saturated carbocycles. The molecule has 0 fully saturated rings. The largest absolute Gasteiger partial charge is 0.382 e. The van der Waals surface area contributed by atoms with Crippen molar-refractivity contribution < 1.29 is 4.39 Å². The maximum Gasteiger partial charge on any atom is 0.201 e. The van der Waals surface area contributed by atoms with Crippen molar-refractivity contribution in [2.75, 3.05) is 5.43 Å². The van der Waals surface area contributed by atoms with Crippen molar-refractivity contribution in [2.24, 2.45) is 10.8 Å². The number of rotatable bonds is 3. The average Bonchev–Trinajstić information content (AvgIpc) is 2.21. The van der Waals surface area contributed by atoms with Crippen molar-refractivity contribution in [2.45, 2.75) is 6.92 Å². The molecule has 0 heterocycles. The predicted octanol–water partition coefficient (Wildman–Crippen LogP) is 1.36. The zero-order chi connectivity index (χ0) is 12.1. The minimum absolute atomic E-state index is 0.125. The SMILES string of the molecule is Cc1ccc(N/N=C(\C#N)C(=N)N)c(F)c1. The summed E-state index contributed by atoms with van der Waals surface area (Å²) in [4.78, 5) is 0. The molecule has 0 bridgehead atoms. The zero-order valence-electron chi connectivity index (χ0n) is 8.58. The van der Waals surface area contributed by atoms with Crippen molar-refractivity contribution >= 4 is 17.2 Å². The summed E-state index contributed by atoms with van der Waals surface area (Å²) < 4.78 is 13.3. The Labute approximate surface area is 91.9 Å². The molecule has 0 saturated heterocycles. The summed E-state index contributed by atoms with van der Waals surface area (Å²) in [5.41, 5.74) is 8.02. The Balaban J connectivity index is 2.90. The molecule has 0 amide bonds. The normalized spacial score (nSPS) is 10.7. The van der Waals surface area contributed by atoms with Crippen LogP contribution in [0.15, 0.2) is 23.3 Å². The highest BCUT2D eigenvalue weighted by atomic mass is 19.1. The van der Waals surface area contributed by atoms with Crippen molar-refractivity contribution in [1.29, 1.82) is 10.7 Å². The topological polar surface area (TPSA) is 98.0 Å². The molecule has 1 rings (SSSR count). The highest BCUT2D eigenvalue weighted by Gasteiger charge is 2.03.